The molecule has 4 aromatic rings. The monoisotopic (exact) mass is 662 g/mol. The lowest BCUT2D eigenvalue weighted by atomic mass is 9.63. The zero-order valence-electron chi connectivity index (χ0n) is 23.1. The van der Waals surface area contributed by atoms with E-state index in [0.29, 0.717) is 0 Å². The molecule has 9 heteroatoms. The van der Waals surface area contributed by atoms with Crippen molar-refractivity contribution in [3.05, 3.63) is 108 Å². The molecule has 1 fully saturated rings. The van der Waals surface area contributed by atoms with Gasteiger partial charge in [-0.1, -0.05) is 62.9 Å². The highest BCUT2D eigenvalue weighted by molar-refractivity contribution is 9.08. The average molecular weight is 664 g/mol. The predicted octanol–water partition coefficient (Wildman–Crippen LogP) is 4.42. The van der Waals surface area contributed by atoms with Gasteiger partial charge in [0, 0.05) is 66.4 Å². The summed E-state index contributed by atoms with van der Waals surface area (Å²) >= 11 is 7.22. The Bertz CT molecular complexity index is 1420. The van der Waals surface area contributed by atoms with E-state index in [4.69, 9.17) is 14.0 Å². The Hall–Kier alpha value is -2.29. The third-order valence-corrected chi connectivity index (χ3v) is 8.52. The van der Waals surface area contributed by atoms with Gasteiger partial charge in [-0.05, 0) is 51.7 Å². The molecule has 0 amide bonds. The molecule has 3 heterocycles. The summed E-state index contributed by atoms with van der Waals surface area (Å²) < 4.78 is 21.7. The van der Waals surface area contributed by atoms with Crippen molar-refractivity contribution in [3.8, 4) is 11.1 Å². The normalized spacial score (nSPS) is 13.4. The van der Waals surface area contributed by atoms with Crippen LogP contribution in [0.5, 0.6) is 0 Å². The lowest BCUT2D eigenvalue weighted by Gasteiger charge is -2.20. The first-order chi connectivity index (χ1) is 19.5. The van der Waals surface area contributed by atoms with E-state index in [0.717, 1.165) is 48.8 Å². The summed E-state index contributed by atoms with van der Waals surface area (Å²) in [5.74, 6) is 0. The molecule has 0 radical (unpaired) electrons. The van der Waals surface area contributed by atoms with Crippen LogP contribution in [0.4, 0.5) is 0 Å². The summed E-state index contributed by atoms with van der Waals surface area (Å²) in [5, 5.41) is 1.63. The maximum atomic E-state index is 5.85. The fourth-order valence-electron chi connectivity index (χ4n) is 5.04. The molecular weight excluding hydrogens is 630 g/mol. The van der Waals surface area contributed by atoms with Crippen LogP contribution in [0.15, 0.2) is 85.5 Å². The number of aromatic nitrogens is 2. The van der Waals surface area contributed by atoms with Crippen LogP contribution in [0.1, 0.15) is 28.7 Å². The molecule has 204 valence electrons. The largest absolute Gasteiger partial charge is 0.493 e. The number of rotatable bonds is 10. The highest BCUT2D eigenvalue weighted by Crippen LogP contribution is 2.17. The summed E-state index contributed by atoms with van der Waals surface area (Å²) in [4.78, 5) is 0. The van der Waals surface area contributed by atoms with E-state index in [1.54, 1.807) is 7.11 Å². The van der Waals surface area contributed by atoms with E-state index in [-0.39, 0.29) is 14.0 Å². The van der Waals surface area contributed by atoms with Gasteiger partial charge in [0.05, 0.1) is 0 Å². The fourth-order valence-corrected chi connectivity index (χ4v) is 5.69. The molecule has 0 aliphatic carbocycles. The summed E-state index contributed by atoms with van der Waals surface area (Å²) in [7, 11) is 1.48. The van der Waals surface area contributed by atoms with E-state index in [9.17, 15) is 0 Å². The molecule has 0 atom stereocenters. The summed E-state index contributed by atoms with van der Waals surface area (Å²) in [6, 6.07) is 22.0. The van der Waals surface area contributed by atoms with E-state index < -0.39 is 0 Å². The van der Waals surface area contributed by atoms with Crippen LogP contribution in [-0.4, -0.2) is 34.4 Å². The van der Waals surface area contributed by atoms with E-state index >= 15 is 0 Å². The zero-order chi connectivity index (χ0) is 27.9. The third kappa shape index (κ3) is 7.51. The molecular formula is C31H34B2Br2N2O3+2. The van der Waals surface area contributed by atoms with Gasteiger partial charge < -0.3 is 14.0 Å². The van der Waals surface area contributed by atoms with Gasteiger partial charge in [0.1, 0.15) is 0 Å². The quantitative estimate of drug-likeness (QED) is 0.143. The van der Waals surface area contributed by atoms with Crippen molar-refractivity contribution in [1.82, 2.24) is 0 Å². The zero-order valence-corrected chi connectivity index (χ0v) is 26.2. The predicted molar refractivity (Wildman–Crippen MR) is 169 cm³/mol. The first-order valence-electron chi connectivity index (χ1n) is 13.7. The molecule has 1 aliphatic heterocycles. The summed E-state index contributed by atoms with van der Waals surface area (Å²) in [5.41, 5.74) is 9.67. The van der Waals surface area contributed by atoms with Gasteiger partial charge in [0.25, 0.3) is 0 Å². The van der Waals surface area contributed by atoms with Crippen LogP contribution < -0.4 is 20.1 Å². The minimum atomic E-state index is -0.274. The van der Waals surface area contributed by atoms with E-state index in [2.05, 4.69) is 133 Å². The molecule has 2 aromatic heterocycles. The van der Waals surface area contributed by atoms with Crippen LogP contribution in [-0.2, 0) is 37.7 Å². The van der Waals surface area contributed by atoms with E-state index in [1.807, 2.05) is 0 Å². The summed E-state index contributed by atoms with van der Waals surface area (Å²) in [6.45, 7) is 5.24. The SMILES string of the molecule is COB(C)c1cc(CBr)cc(C[n+]2ccc(-c3cc[n+](Cc4cc(CBr)cc(B5OCCCO5)c4)cc3)cc2)c1. The van der Waals surface area contributed by atoms with Crippen LogP contribution in [0.25, 0.3) is 11.1 Å². The van der Waals surface area contributed by atoms with Crippen molar-refractivity contribution in [1.29, 1.82) is 0 Å². The minimum absolute atomic E-state index is 0.0706. The number of benzene rings is 2. The first-order valence-corrected chi connectivity index (χ1v) is 15.9. The smallest absolute Gasteiger partial charge is 0.434 e. The van der Waals surface area contributed by atoms with Gasteiger partial charge in [0.15, 0.2) is 37.9 Å². The van der Waals surface area contributed by atoms with Crippen LogP contribution in [0.3, 0.4) is 0 Å². The van der Waals surface area contributed by atoms with Gasteiger partial charge in [0.2, 0.25) is 0 Å². The molecule has 40 heavy (non-hydrogen) atoms. The molecule has 0 spiro atoms. The maximum absolute atomic E-state index is 5.85. The Labute approximate surface area is 255 Å². The second-order valence-electron chi connectivity index (χ2n) is 10.3. The van der Waals surface area contributed by atoms with Crippen molar-refractivity contribution in [3.63, 3.8) is 0 Å². The van der Waals surface area contributed by atoms with Crippen molar-refractivity contribution >= 4 is 56.8 Å². The van der Waals surface area contributed by atoms with Gasteiger partial charge in [-0.2, -0.15) is 0 Å². The number of hydrogen-bond acceptors (Lipinski definition) is 3. The van der Waals surface area contributed by atoms with Crippen LogP contribution in [0.2, 0.25) is 6.82 Å². The number of nitrogens with zero attached hydrogens (tertiary/aromatic N) is 2. The molecule has 0 saturated carbocycles. The fraction of sp³-hybridized carbons (Fsp3) is 0.290. The van der Waals surface area contributed by atoms with Gasteiger partial charge in [-0.15, -0.1) is 0 Å². The first kappa shape index (κ1) is 29.2. The lowest BCUT2D eigenvalue weighted by molar-refractivity contribution is -0.688. The Morgan fingerprint density at radius 1 is 0.750 bits per heavy atom. The van der Waals surface area contributed by atoms with Gasteiger partial charge in [-0.25, -0.2) is 9.13 Å². The Kier molecular flexibility index (Phi) is 10.3. The molecule has 0 unspecified atom stereocenters. The Morgan fingerprint density at radius 3 is 1.75 bits per heavy atom. The molecule has 5 rings (SSSR count). The Morgan fingerprint density at radius 2 is 1.23 bits per heavy atom. The third-order valence-electron chi connectivity index (χ3n) is 7.23. The molecule has 1 saturated heterocycles. The summed E-state index contributed by atoms with van der Waals surface area (Å²) in [6.07, 6.45) is 9.55. The highest BCUT2D eigenvalue weighted by atomic mass is 79.9. The minimum Gasteiger partial charge on any atom is -0.434 e. The van der Waals surface area contributed by atoms with Crippen molar-refractivity contribution in [2.75, 3.05) is 20.3 Å². The topological polar surface area (TPSA) is 35.5 Å². The van der Waals surface area contributed by atoms with Crippen LogP contribution >= 0.6 is 31.9 Å². The van der Waals surface area contributed by atoms with Crippen molar-refractivity contribution in [2.45, 2.75) is 37.0 Å². The molecule has 0 N–H and O–H groups in total. The number of alkyl halides is 2. The van der Waals surface area contributed by atoms with Crippen molar-refractivity contribution < 1.29 is 23.1 Å². The second-order valence-corrected chi connectivity index (χ2v) is 11.4. The van der Waals surface area contributed by atoms with E-state index in [1.165, 1.54) is 38.8 Å². The van der Waals surface area contributed by atoms with Gasteiger partial charge >= 0.3 is 14.0 Å². The number of pyridine rings is 2. The lowest BCUT2D eigenvalue weighted by Crippen LogP contribution is -2.42. The molecule has 2 aromatic carbocycles. The standard InChI is InChI=1S/C31H34B2Br2N2O3/c1-32(38-2)30-16-24(20-34)14-26(18-30)22-36-8-4-28(5-9-36)29-6-10-37(11-7-29)23-27-15-25(21-35)17-31(19-27)33-39-12-3-13-40-33/h4-11,14-19H,3,12-13,20-23H2,1-2H3/q+2. The average Bonchev–Trinajstić information content (AvgIpc) is 3.01. The Balaban J connectivity index is 1.27. The van der Waals surface area contributed by atoms with Crippen LogP contribution in [0, 0.1) is 0 Å². The van der Waals surface area contributed by atoms with Crippen molar-refractivity contribution in [2.24, 2.45) is 0 Å². The molecule has 0 bridgehead atoms. The number of halogens is 2. The maximum Gasteiger partial charge on any atom is 0.493 e. The molecule has 1 aliphatic rings. The molecule has 5 nitrogen and oxygen atoms in total. The highest BCUT2D eigenvalue weighted by Gasteiger charge is 2.25. The number of hydrogen-bond donors (Lipinski definition) is 0. The second kappa shape index (κ2) is 14.1. The van der Waals surface area contributed by atoms with Gasteiger partial charge in [-0.3, -0.25) is 0 Å².